The van der Waals surface area contributed by atoms with Gasteiger partial charge in [-0.25, -0.2) is 14.0 Å². The van der Waals surface area contributed by atoms with Crippen LogP contribution in [0.1, 0.15) is 68.0 Å². The fourth-order valence-electron chi connectivity index (χ4n) is 4.67. The molecule has 2 aromatic rings. The number of ether oxygens (including phenoxy) is 2. The molecule has 0 N–H and O–H groups in total. The summed E-state index contributed by atoms with van der Waals surface area (Å²) in [5, 5.41) is 0. The van der Waals surface area contributed by atoms with Crippen LogP contribution in [0.5, 0.6) is 0 Å². The average molecular weight is 632 g/mol. The van der Waals surface area contributed by atoms with E-state index in [9.17, 15) is 53.5 Å². The van der Waals surface area contributed by atoms with Crippen LogP contribution in [0.2, 0.25) is 0 Å². The molecule has 16 heteroatoms. The van der Waals surface area contributed by atoms with Gasteiger partial charge in [0, 0.05) is 18.2 Å². The molecule has 3 rings (SSSR count). The molecule has 2 atom stereocenters. The number of hydrogen-bond acceptors (Lipinski definition) is 4. The fraction of sp³-hybridized carbons (Fsp3) is 0.481. The van der Waals surface area contributed by atoms with Crippen molar-refractivity contribution in [2.24, 2.45) is 0 Å². The Hall–Kier alpha value is -3.72. The van der Waals surface area contributed by atoms with Crippen LogP contribution in [-0.2, 0) is 34.5 Å². The number of nitrogens with zero attached hydrogens (tertiary/aromatic N) is 2. The van der Waals surface area contributed by atoms with Crippen LogP contribution in [0, 0.1) is 5.82 Å². The largest absolute Gasteiger partial charge is 0.453 e. The fourth-order valence-corrected chi connectivity index (χ4v) is 4.67. The van der Waals surface area contributed by atoms with Crippen molar-refractivity contribution in [1.82, 2.24) is 4.90 Å². The molecule has 0 saturated heterocycles. The van der Waals surface area contributed by atoms with Gasteiger partial charge >= 0.3 is 30.7 Å². The van der Waals surface area contributed by atoms with Gasteiger partial charge in [-0.15, -0.1) is 0 Å². The Morgan fingerprint density at radius 1 is 0.884 bits per heavy atom. The molecular weight excluding hydrogens is 606 g/mol. The average Bonchev–Trinajstić information content (AvgIpc) is 2.83. The van der Waals surface area contributed by atoms with Gasteiger partial charge in [0.15, 0.2) is 0 Å². The zero-order valence-corrected chi connectivity index (χ0v) is 23.3. The predicted molar refractivity (Wildman–Crippen MR) is 131 cm³/mol. The Morgan fingerprint density at radius 3 is 1.86 bits per heavy atom. The second-order valence-electron chi connectivity index (χ2n) is 10.9. The van der Waals surface area contributed by atoms with E-state index in [0.717, 1.165) is 12.0 Å². The number of amides is 2. The molecule has 0 radical (unpaired) electrons. The highest BCUT2D eigenvalue weighted by atomic mass is 19.4. The topological polar surface area (TPSA) is 59.1 Å². The van der Waals surface area contributed by atoms with Crippen LogP contribution in [0.15, 0.2) is 30.3 Å². The van der Waals surface area contributed by atoms with Crippen LogP contribution in [0.4, 0.5) is 59.2 Å². The molecule has 238 valence electrons. The summed E-state index contributed by atoms with van der Waals surface area (Å²) in [6, 6.07) is -1.14. The highest BCUT2D eigenvalue weighted by molar-refractivity contribution is 5.91. The second kappa shape index (κ2) is 11.4. The first-order valence-corrected chi connectivity index (χ1v) is 12.5. The third kappa shape index (κ3) is 7.63. The first-order valence-electron chi connectivity index (χ1n) is 12.5. The van der Waals surface area contributed by atoms with Gasteiger partial charge in [0.2, 0.25) is 0 Å². The van der Waals surface area contributed by atoms with Gasteiger partial charge in [-0.1, -0.05) is 0 Å². The van der Waals surface area contributed by atoms with E-state index in [1.807, 2.05) is 0 Å². The SMILES string of the molecule is COC(=O)N(Cc1cc(C(F)(F)F)cc(C(F)(F)F)c1)[C@H]1C[C@@H](C)N(C(=O)OC(C)(C)C)c2cc(C(F)(F)F)c(F)cc21. The normalized spacial score (nSPS) is 17.8. The van der Waals surface area contributed by atoms with Gasteiger partial charge in [-0.3, -0.25) is 9.80 Å². The monoisotopic (exact) mass is 632 g/mol. The van der Waals surface area contributed by atoms with Crippen LogP contribution < -0.4 is 4.90 Å². The molecule has 0 bridgehead atoms. The number of hydrogen-bond donors (Lipinski definition) is 0. The van der Waals surface area contributed by atoms with E-state index in [2.05, 4.69) is 0 Å². The molecule has 43 heavy (non-hydrogen) atoms. The van der Waals surface area contributed by atoms with E-state index in [1.54, 1.807) is 0 Å². The number of carbonyl (C=O) groups excluding carboxylic acids is 2. The van der Waals surface area contributed by atoms with Gasteiger partial charge in [0.25, 0.3) is 0 Å². The summed E-state index contributed by atoms with van der Waals surface area (Å²) < 4.78 is 147. The standard InChI is InChI=1S/C27H26F10N2O4/c1-13-6-20(17-10-19(28)18(27(35,36)37)11-21(17)39(13)23(41)43-24(2,3)4)38(22(40)42-5)12-14-7-15(25(29,30)31)9-16(8-14)26(32,33)34/h7-11,13,20H,6,12H2,1-5H3/t13-,20+/m1/s1. The van der Waals surface area contributed by atoms with Crippen molar-refractivity contribution in [2.75, 3.05) is 12.0 Å². The smallest absolute Gasteiger partial charge is 0.419 e. The summed E-state index contributed by atoms with van der Waals surface area (Å²) in [4.78, 5) is 27.4. The molecule has 0 unspecified atom stereocenters. The van der Waals surface area contributed by atoms with Crippen LogP contribution in [-0.4, -0.2) is 35.8 Å². The lowest BCUT2D eigenvalue weighted by atomic mass is 9.89. The van der Waals surface area contributed by atoms with E-state index >= 15 is 0 Å². The van der Waals surface area contributed by atoms with Crippen molar-refractivity contribution < 1.29 is 63.0 Å². The minimum Gasteiger partial charge on any atom is -0.453 e. The van der Waals surface area contributed by atoms with Crippen molar-refractivity contribution in [3.63, 3.8) is 0 Å². The Labute approximate surface area is 239 Å². The predicted octanol–water partition coefficient (Wildman–Crippen LogP) is 8.73. The van der Waals surface area contributed by atoms with E-state index in [-0.39, 0.29) is 18.1 Å². The molecule has 0 spiro atoms. The summed E-state index contributed by atoms with van der Waals surface area (Å²) >= 11 is 0. The summed E-state index contributed by atoms with van der Waals surface area (Å²) in [6.07, 6.45) is -18.4. The lowest BCUT2D eigenvalue weighted by molar-refractivity contribution is -0.143. The highest BCUT2D eigenvalue weighted by Crippen LogP contribution is 2.46. The first kappa shape index (κ1) is 33.8. The lowest BCUT2D eigenvalue weighted by Gasteiger charge is -2.43. The Balaban J connectivity index is 2.24. The van der Waals surface area contributed by atoms with E-state index in [4.69, 9.17) is 9.47 Å². The van der Waals surface area contributed by atoms with E-state index < -0.39 is 88.7 Å². The van der Waals surface area contributed by atoms with Crippen molar-refractivity contribution >= 4 is 17.9 Å². The molecule has 0 aliphatic carbocycles. The van der Waals surface area contributed by atoms with Crippen LogP contribution in [0.3, 0.4) is 0 Å². The summed E-state index contributed by atoms with van der Waals surface area (Å²) in [5.41, 5.74) is -7.77. The molecular formula is C27H26F10N2O4. The van der Waals surface area contributed by atoms with Gasteiger partial charge in [-0.2, -0.15) is 39.5 Å². The second-order valence-corrected chi connectivity index (χ2v) is 10.9. The van der Waals surface area contributed by atoms with E-state index in [0.29, 0.717) is 29.2 Å². The number of anilines is 1. The zero-order valence-electron chi connectivity index (χ0n) is 23.3. The van der Waals surface area contributed by atoms with Gasteiger partial charge in [-0.05, 0) is 70.0 Å². The van der Waals surface area contributed by atoms with Crippen molar-refractivity contribution in [3.8, 4) is 0 Å². The minimum absolute atomic E-state index is 0.114. The third-order valence-corrected chi connectivity index (χ3v) is 6.42. The molecule has 1 heterocycles. The summed E-state index contributed by atoms with van der Waals surface area (Å²) in [7, 11) is 0.857. The first-order chi connectivity index (χ1) is 19.4. The maximum absolute atomic E-state index is 14.8. The number of halogens is 10. The van der Waals surface area contributed by atoms with Crippen LogP contribution in [0.25, 0.3) is 0 Å². The molecule has 2 aromatic carbocycles. The summed E-state index contributed by atoms with van der Waals surface area (Å²) in [6.45, 7) is 4.86. The number of rotatable bonds is 3. The number of carbonyl (C=O) groups is 2. The quantitative estimate of drug-likeness (QED) is 0.318. The van der Waals surface area contributed by atoms with Gasteiger partial charge in [0.1, 0.15) is 11.4 Å². The Bertz CT molecular complexity index is 1350. The maximum Gasteiger partial charge on any atom is 0.419 e. The Kier molecular flexibility index (Phi) is 8.96. The number of methoxy groups -OCH3 is 1. The zero-order chi connectivity index (χ0) is 32.9. The maximum atomic E-state index is 14.8. The van der Waals surface area contributed by atoms with E-state index in [1.165, 1.54) is 27.7 Å². The van der Waals surface area contributed by atoms with Crippen molar-refractivity contribution in [3.05, 3.63) is 64.0 Å². The molecule has 2 amide bonds. The van der Waals surface area contributed by atoms with Gasteiger partial charge < -0.3 is 9.47 Å². The Morgan fingerprint density at radius 2 is 1.42 bits per heavy atom. The molecule has 6 nitrogen and oxygen atoms in total. The molecule has 0 fully saturated rings. The van der Waals surface area contributed by atoms with Crippen molar-refractivity contribution in [1.29, 1.82) is 0 Å². The highest BCUT2D eigenvalue weighted by Gasteiger charge is 2.44. The summed E-state index contributed by atoms with van der Waals surface area (Å²) in [5.74, 6) is -1.79. The molecule has 1 aliphatic rings. The minimum atomic E-state index is -5.22. The van der Waals surface area contributed by atoms with Crippen LogP contribution >= 0.6 is 0 Å². The molecule has 0 aromatic heterocycles. The van der Waals surface area contributed by atoms with Gasteiger partial charge in [0.05, 0.1) is 35.5 Å². The molecule has 1 aliphatic heterocycles. The molecule has 0 saturated carbocycles. The number of benzene rings is 2. The number of fused-ring (bicyclic) bond motifs is 1. The third-order valence-electron chi connectivity index (χ3n) is 6.42. The van der Waals surface area contributed by atoms with Crippen molar-refractivity contribution in [2.45, 2.75) is 76.9 Å². The lowest BCUT2D eigenvalue weighted by Crippen LogP contribution is -2.49. The number of alkyl halides is 9.